The Kier molecular flexibility index (Phi) is 3.16. The maximum absolute atomic E-state index is 5.02. The lowest BCUT2D eigenvalue weighted by Crippen LogP contribution is -2.00. The Bertz CT molecular complexity index is 1310. The van der Waals surface area contributed by atoms with E-state index in [1.54, 1.807) is 0 Å². The van der Waals surface area contributed by atoms with E-state index in [1.165, 1.54) is 0 Å². The molecule has 0 amide bonds. The Hall–Kier alpha value is -3.46. The molecule has 0 radical (unpaired) electrons. The number of rotatable bonds is 2. The molecule has 3 nitrogen and oxygen atoms in total. The third-order valence-corrected chi connectivity index (χ3v) is 4.77. The lowest BCUT2D eigenvalue weighted by molar-refractivity contribution is 1.16. The predicted molar refractivity (Wildman–Crippen MR) is 108 cm³/mol. The Morgan fingerprint density at radius 1 is 0.808 bits per heavy atom. The molecule has 0 spiro atoms. The maximum atomic E-state index is 5.02. The number of hydrogen-bond donors (Lipinski definition) is 0. The first-order valence-electron chi connectivity index (χ1n) is 8.65. The topological polar surface area (TPSA) is 30.2 Å². The SMILES string of the molecule is C=C(C)c1ccccc1-c1nc2ccccc2c2nc3ccccc3n12. The van der Waals surface area contributed by atoms with Gasteiger partial charge >= 0.3 is 0 Å². The van der Waals surface area contributed by atoms with E-state index in [2.05, 4.69) is 35.2 Å². The standard InChI is InChI=1S/C23H17N3/c1-15(2)16-9-3-4-10-17(16)22-24-19-12-6-5-11-18(19)23-25-20-13-7-8-14-21(20)26(22)23/h3-14H,1H2,2H3. The molecular weight excluding hydrogens is 318 g/mol. The average molecular weight is 335 g/mol. The summed E-state index contributed by atoms with van der Waals surface area (Å²) < 4.78 is 2.17. The van der Waals surface area contributed by atoms with E-state index in [4.69, 9.17) is 9.97 Å². The lowest BCUT2D eigenvalue weighted by Gasteiger charge is -2.13. The Morgan fingerprint density at radius 3 is 2.35 bits per heavy atom. The first-order valence-corrected chi connectivity index (χ1v) is 8.65. The fraction of sp³-hybridized carbons (Fsp3) is 0.0435. The maximum Gasteiger partial charge on any atom is 0.149 e. The molecule has 5 aromatic rings. The van der Waals surface area contributed by atoms with E-state index in [9.17, 15) is 0 Å². The second-order valence-electron chi connectivity index (χ2n) is 6.54. The molecule has 124 valence electrons. The molecule has 0 aliphatic carbocycles. The molecule has 2 heterocycles. The molecule has 26 heavy (non-hydrogen) atoms. The monoisotopic (exact) mass is 335 g/mol. The van der Waals surface area contributed by atoms with E-state index in [1.807, 2.05) is 55.5 Å². The van der Waals surface area contributed by atoms with Crippen LogP contribution in [0.1, 0.15) is 12.5 Å². The van der Waals surface area contributed by atoms with Crippen molar-refractivity contribution in [1.29, 1.82) is 0 Å². The van der Waals surface area contributed by atoms with Crippen LogP contribution in [0.4, 0.5) is 0 Å². The fourth-order valence-electron chi connectivity index (χ4n) is 3.58. The van der Waals surface area contributed by atoms with Gasteiger partial charge in [-0.2, -0.15) is 0 Å². The summed E-state index contributed by atoms with van der Waals surface area (Å²) in [7, 11) is 0. The van der Waals surface area contributed by atoms with Crippen LogP contribution in [0.25, 0.3) is 44.5 Å². The Balaban J connectivity index is 2.03. The average Bonchev–Trinajstić information content (AvgIpc) is 3.07. The highest BCUT2D eigenvalue weighted by Gasteiger charge is 2.16. The fourth-order valence-corrected chi connectivity index (χ4v) is 3.58. The van der Waals surface area contributed by atoms with Crippen LogP contribution in [0, 0.1) is 0 Å². The van der Waals surface area contributed by atoms with Crippen molar-refractivity contribution in [3.8, 4) is 11.4 Å². The number of para-hydroxylation sites is 3. The number of nitrogens with zero attached hydrogens (tertiary/aromatic N) is 3. The van der Waals surface area contributed by atoms with Gasteiger partial charge in [-0.05, 0) is 36.8 Å². The van der Waals surface area contributed by atoms with Crippen LogP contribution < -0.4 is 0 Å². The van der Waals surface area contributed by atoms with Crippen molar-refractivity contribution >= 4 is 33.2 Å². The molecule has 3 heteroatoms. The number of fused-ring (bicyclic) bond motifs is 5. The van der Waals surface area contributed by atoms with Crippen LogP contribution in [-0.2, 0) is 0 Å². The van der Waals surface area contributed by atoms with Gasteiger partial charge in [0.1, 0.15) is 11.5 Å². The second-order valence-corrected chi connectivity index (χ2v) is 6.54. The Morgan fingerprint density at radius 2 is 1.50 bits per heavy atom. The van der Waals surface area contributed by atoms with E-state index < -0.39 is 0 Å². The van der Waals surface area contributed by atoms with Crippen molar-refractivity contribution in [2.45, 2.75) is 6.92 Å². The number of allylic oxidation sites excluding steroid dienone is 1. The zero-order valence-electron chi connectivity index (χ0n) is 14.5. The molecule has 0 N–H and O–H groups in total. The van der Waals surface area contributed by atoms with Gasteiger partial charge in [0.25, 0.3) is 0 Å². The van der Waals surface area contributed by atoms with Crippen LogP contribution in [0.5, 0.6) is 0 Å². The van der Waals surface area contributed by atoms with Crippen LogP contribution in [0.3, 0.4) is 0 Å². The second kappa shape index (κ2) is 5.53. The van der Waals surface area contributed by atoms with Gasteiger partial charge in [-0.1, -0.05) is 60.7 Å². The third-order valence-electron chi connectivity index (χ3n) is 4.77. The molecule has 0 aliphatic rings. The molecule has 0 saturated carbocycles. The van der Waals surface area contributed by atoms with E-state index in [0.29, 0.717) is 0 Å². The van der Waals surface area contributed by atoms with Crippen LogP contribution in [-0.4, -0.2) is 14.4 Å². The summed E-state index contributed by atoms with van der Waals surface area (Å²) >= 11 is 0. The van der Waals surface area contributed by atoms with Gasteiger partial charge in [-0.25, -0.2) is 9.97 Å². The molecule has 0 aliphatic heterocycles. The van der Waals surface area contributed by atoms with Gasteiger partial charge in [0.15, 0.2) is 0 Å². The highest BCUT2D eigenvalue weighted by atomic mass is 15.1. The van der Waals surface area contributed by atoms with E-state index in [-0.39, 0.29) is 0 Å². The lowest BCUT2D eigenvalue weighted by atomic mass is 10.0. The predicted octanol–water partition coefficient (Wildman–Crippen LogP) is 5.74. The van der Waals surface area contributed by atoms with E-state index >= 15 is 0 Å². The molecule has 0 fully saturated rings. The van der Waals surface area contributed by atoms with Crippen LogP contribution in [0.15, 0.2) is 79.4 Å². The number of hydrogen-bond acceptors (Lipinski definition) is 2. The quantitative estimate of drug-likeness (QED) is 0.412. The van der Waals surface area contributed by atoms with Crippen LogP contribution >= 0.6 is 0 Å². The van der Waals surface area contributed by atoms with Gasteiger partial charge in [0.2, 0.25) is 0 Å². The van der Waals surface area contributed by atoms with Gasteiger partial charge in [-0.3, -0.25) is 4.40 Å². The molecule has 2 aromatic heterocycles. The largest absolute Gasteiger partial charge is 0.276 e. The van der Waals surface area contributed by atoms with Crippen molar-refractivity contribution < 1.29 is 0 Å². The van der Waals surface area contributed by atoms with Gasteiger partial charge in [0, 0.05) is 10.9 Å². The number of aromatic nitrogens is 3. The molecule has 3 aromatic carbocycles. The highest BCUT2D eigenvalue weighted by Crippen LogP contribution is 2.32. The molecule has 0 atom stereocenters. The summed E-state index contributed by atoms with van der Waals surface area (Å²) in [6.45, 7) is 6.18. The van der Waals surface area contributed by atoms with Crippen molar-refractivity contribution in [2.24, 2.45) is 0 Å². The minimum absolute atomic E-state index is 0.894. The summed E-state index contributed by atoms with van der Waals surface area (Å²) in [5.41, 5.74) is 7.11. The van der Waals surface area contributed by atoms with Crippen molar-refractivity contribution in [3.63, 3.8) is 0 Å². The summed E-state index contributed by atoms with van der Waals surface area (Å²) in [6, 6.07) is 24.7. The van der Waals surface area contributed by atoms with Gasteiger partial charge in [-0.15, -0.1) is 0 Å². The summed E-state index contributed by atoms with van der Waals surface area (Å²) in [5, 5.41) is 1.06. The highest BCUT2D eigenvalue weighted by molar-refractivity contribution is 5.98. The minimum Gasteiger partial charge on any atom is -0.276 e. The summed E-state index contributed by atoms with van der Waals surface area (Å²) in [6.07, 6.45) is 0. The normalized spacial score (nSPS) is 11.4. The molecule has 0 bridgehead atoms. The minimum atomic E-state index is 0.894. The van der Waals surface area contributed by atoms with Gasteiger partial charge in [0.05, 0.1) is 16.6 Å². The number of benzene rings is 3. The van der Waals surface area contributed by atoms with E-state index in [0.717, 1.165) is 50.1 Å². The van der Waals surface area contributed by atoms with Crippen molar-refractivity contribution in [1.82, 2.24) is 14.4 Å². The number of imidazole rings is 1. The van der Waals surface area contributed by atoms with Crippen molar-refractivity contribution in [2.75, 3.05) is 0 Å². The molecular formula is C23H17N3. The Labute approximate surface area is 151 Å². The van der Waals surface area contributed by atoms with Crippen LogP contribution in [0.2, 0.25) is 0 Å². The first-order chi connectivity index (χ1) is 12.7. The zero-order chi connectivity index (χ0) is 17.7. The molecule has 0 unspecified atom stereocenters. The molecule has 5 rings (SSSR count). The summed E-state index contributed by atoms with van der Waals surface area (Å²) in [5.74, 6) is 0.894. The zero-order valence-corrected chi connectivity index (χ0v) is 14.5. The third kappa shape index (κ3) is 2.07. The first kappa shape index (κ1) is 14.8. The van der Waals surface area contributed by atoms with Gasteiger partial charge < -0.3 is 0 Å². The smallest absolute Gasteiger partial charge is 0.149 e. The molecule has 0 saturated heterocycles. The summed E-state index contributed by atoms with van der Waals surface area (Å²) in [4.78, 5) is 9.93. The van der Waals surface area contributed by atoms with Crippen molar-refractivity contribution in [3.05, 3.63) is 84.9 Å².